The zero-order valence-corrected chi connectivity index (χ0v) is 22.2. The molecule has 35 heavy (non-hydrogen) atoms. The van der Waals surface area contributed by atoms with Crippen molar-refractivity contribution in [2.45, 2.75) is 64.2 Å². The molecule has 0 aliphatic carbocycles. The summed E-state index contributed by atoms with van der Waals surface area (Å²) >= 11 is 0. The van der Waals surface area contributed by atoms with Gasteiger partial charge in [-0.1, -0.05) is 112 Å². The van der Waals surface area contributed by atoms with E-state index in [0.29, 0.717) is 12.8 Å². The Bertz CT molecular complexity index is 977. The van der Waals surface area contributed by atoms with Crippen molar-refractivity contribution in [1.82, 2.24) is 0 Å². The number of rotatable bonds is 12. The van der Waals surface area contributed by atoms with E-state index in [4.69, 9.17) is 9.16 Å². The standard InChI is InChI=1S/C30H38O4Si/c1-30(2,3)35(27-18-9-5-10-19-27,28-20-11-6-12-21-28)34-26(17-13-14-22-31)23-29(32)33-24-25-15-7-4-8-16-25/h4-12,15-16,18-21,26,31H,13-14,17,22-24H2,1-3H3. The van der Waals surface area contributed by atoms with E-state index >= 15 is 0 Å². The van der Waals surface area contributed by atoms with Crippen LogP contribution in [0, 0.1) is 0 Å². The van der Waals surface area contributed by atoms with Crippen LogP contribution in [0.2, 0.25) is 5.04 Å². The average molecular weight is 491 g/mol. The van der Waals surface area contributed by atoms with E-state index in [1.54, 1.807) is 0 Å². The van der Waals surface area contributed by atoms with E-state index in [1.165, 1.54) is 10.4 Å². The first-order valence-corrected chi connectivity index (χ1v) is 14.4. The number of hydrogen-bond donors (Lipinski definition) is 1. The van der Waals surface area contributed by atoms with Crippen LogP contribution in [0.1, 0.15) is 52.0 Å². The van der Waals surface area contributed by atoms with E-state index < -0.39 is 8.32 Å². The molecule has 0 spiro atoms. The van der Waals surface area contributed by atoms with Crippen molar-refractivity contribution in [1.29, 1.82) is 0 Å². The molecule has 0 heterocycles. The lowest BCUT2D eigenvalue weighted by atomic mass is 10.1. The Morgan fingerprint density at radius 2 is 1.34 bits per heavy atom. The SMILES string of the molecule is CC(C)(C)[Si](OC(CCCCO)CC(=O)OCc1ccccc1)(c1ccccc1)c1ccccc1. The summed E-state index contributed by atoms with van der Waals surface area (Å²) in [6.07, 6.45) is 2.02. The van der Waals surface area contributed by atoms with Gasteiger partial charge in [0.05, 0.1) is 12.5 Å². The summed E-state index contributed by atoms with van der Waals surface area (Å²) in [6, 6.07) is 30.6. The minimum atomic E-state index is -2.80. The van der Waals surface area contributed by atoms with Crippen LogP contribution in [0.4, 0.5) is 0 Å². The molecule has 0 amide bonds. The van der Waals surface area contributed by atoms with Crippen LogP contribution in [0.3, 0.4) is 0 Å². The Morgan fingerprint density at radius 3 is 1.83 bits per heavy atom. The normalized spacial score (nSPS) is 12.8. The third-order valence-electron chi connectivity index (χ3n) is 6.33. The van der Waals surface area contributed by atoms with Gasteiger partial charge >= 0.3 is 5.97 Å². The number of hydrogen-bond acceptors (Lipinski definition) is 4. The molecule has 3 aromatic rings. The number of benzene rings is 3. The maximum atomic E-state index is 12.9. The zero-order chi connectivity index (χ0) is 25.2. The monoisotopic (exact) mass is 490 g/mol. The molecular formula is C30H38O4Si. The fourth-order valence-electron chi connectivity index (χ4n) is 4.61. The van der Waals surface area contributed by atoms with Gasteiger partial charge in [-0.2, -0.15) is 0 Å². The van der Waals surface area contributed by atoms with Gasteiger partial charge in [0, 0.05) is 6.61 Å². The van der Waals surface area contributed by atoms with Gasteiger partial charge in [0.2, 0.25) is 0 Å². The second kappa shape index (κ2) is 12.8. The molecule has 3 rings (SSSR count). The smallest absolute Gasteiger partial charge is 0.308 e. The third kappa shape index (κ3) is 7.13. The third-order valence-corrected chi connectivity index (χ3v) is 11.4. The molecule has 4 nitrogen and oxygen atoms in total. The van der Waals surface area contributed by atoms with Gasteiger partial charge in [0.15, 0.2) is 0 Å². The van der Waals surface area contributed by atoms with E-state index in [1.807, 2.05) is 42.5 Å². The molecular weight excluding hydrogens is 452 g/mol. The zero-order valence-electron chi connectivity index (χ0n) is 21.2. The van der Waals surface area contributed by atoms with E-state index in [0.717, 1.165) is 12.0 Å². The first-order valence-electron chi connectivity index (χ1n) is 12.5. The van der Waals surface area contributed by atoms with Gasteiger partial charge in [0.1, 0.15) is 6.61 Å². The van der Waals surface area contributed by atoms with E-state index in [2.05, 4.69) is 69.3 Å². The number of esters is 1. The molecule has 0 radical (unpaired) electrons. The molecule has 1 atom stereocenters. The van der Waals surface area contributed by atoms with Crippen molar-refractivity contribution in [3.8, 4) is 0 Å². The first kappa shape index (κ1) is 26.9. The van der Waals surface area contributed by atoms with Crippen molar-refractivity contribution in [2.24, 2.45) is 0 Å². The summed E-state index contributed by atoms with van der Waals surface area (Å²) in [6.45, 7) is 7.08. The number of aliphatic hydroxyl groups is 1. The minimum absolute atomic E-state index is 0.129. The molecule has 0 bridgehead atoms. The maximum Gasteiger partial charge on any atom is 0.308 e. The maximum absolute atomic E-state index is 12.9. The molecule has 1 unspecified atom stereocenters. The first-order chi connectivity index (χ1) is 16.9. The number of ether oxygens (including phenoxy) is 1. The highest BCUT2D eigenvalue weighted by atomic mass is 28.4. The predicted molar refractivity (Wildman–Crippen MR) is 144 cm³/mol. The molecule has 3 aromatic carbocycles. The highest BCUT2D eigenvalue weighted by molar-refractivity contribution is 6.99. The number of aliphatic hydroxyl groups excluding tert-OH is 1. The van der Waals surface area contributed by atoms with Crippen LogP contribution in [-0.4, -0.2) is 32.1 Å². The Balaban J connectivity index is 1.92. The van der Waals surface area contributed by atoms with Crippen molar-refractivity contribution < 1.29 is 19.1 Å². The number of carbonyl (C=O) groups excluding carboxylic acids is 1. The van der Waals surface area contributed by atoms with Crippen molar-refractivity contribution in [3.63, 3.8) is 0 Å². The Kier molecular flexibility index (Phi) is 9.84. The Labute approximate surface area is 211 Å². The fraction of sp³-hybridized carbons (Fsp3) is 0.367. The molecule has 0 fully saturated rings. The summed E-state index contributed by atoms with van der Waals surface area (Å²) in [7, 11) is -2.80. The van der Waals surface area contributed by atoms with Crippen LogP contribution in [0.15, 0.2) is 91.0 Å². The molecule has 0 aliphatic heterocycles. The minimum Gasteiger partial charge on any atom is -0.461 e. The number of carbonyl (C=O) groups is 1. The van der Waals surface area contributed by atoms with Crippen LogP contribution in [0.25, 0.3) is 0 Å². The Morgan fingerprint density at radius 1 is 0.829 bits per heavy atom. The van der Waals surface area contributed by atoms with Gasteiger partial charge < -0.3 is 14.3 Å². The largest absolute Gasteiger partial charge is 0.461 e. The summed E-state index contributed by atoms with van der Waals surface area (Å²) in [5.41, 5.74) is 0.964. The molecule has 1 N–H and O–H groups in total. The summed E-state index contributed by atoms with van der Waals surface area (Å²) in [5.74, 6) is -0.263. The highest BCUT2D eigenvalue weighted by Crippen LogP contribution is 2.38. The van der Waals surface area contributed by atoms with Gasteiger partial charge in [-0.05, 0) is 40.2 Å². The van der Waals surface area contributed by atoms with Gasteiger partial charge in [-0.25, -0.2) is 0 Å². The van der Waals surface area contributed by atoms with Gasteiger partial charge in [0.25, 0.3) is 8.32 Å². The summed E-state index contributed by atoms with van der Waals surface area (Å²) < 4.78 is 12.8. The van der Waals surface area contributed by atoms with E-state index in [-0.39, 0.29) is 36.7 Å². The molecule has 0 aliphatic rings. The van der Waals surface area contributed by atoms with Crippen molar-refractivity contribution >= 4 is 24.7 Å². The molecule has 5 heteroatoms. The second-order valence-electron chi connectivity index (χ2n) is 9.97. The molecule has 0 saturated carbocycles. The highest BCUT2D eigenvalue weighted by Gasteiger charge is 2.51. The lowest BCUT2D eigenvalue weighted by Gasteiger charge is -2.45. The van der Waals surface area contributed by atoms with Crippen molar-refractivity contribution in [2.75, 3.05) is 6.61 Å². The van der Waals surface area contributed by atoms with Crippen LogP contribution in [0.5, 0.6) is 0 Å². The lowest BCUT2D eigenvalue weighted by Crippen LogP contribution is -2.67. The van der Waals surface area contributed by atoms with Crippen LogP contribution < -0.4 is 10.4 Å². The fourth-order valence-corrected chi connectivity index (χ4v) is 9.33. The number of unbranched alkanes of at least 4 members (excludes halogenated alkanes) is 1. The van der Waals surface area contributed by atoms with E-state index in [9.17, 15) is 9.90 Å². The predicted octanol–water partition coefficient (Wildman–Crippen LogP) is 5.23. The molecule has 186 valence electrons. The Hall–Kier alpha value is -2.73. The molecule has 0 saturated heterocycles. The lowest BCUT2D eigenvalue weighted by molar-refractivity contribution is -0.147. The summed E-state index contributed by atoms with van der Waals surface area (Å²) in [4.78, 5) is 12.9. The quantitative estimate of drug-likeness (QED) is 0.215. The second-order valence-corrected chi connectivity index (χ2v) is 14.2. The van der Waals surface area contributed by atoms with Crippen LogP contribution in [-0.2, 0) is 20.6 Å². The van der Waals surface area contributed by atoms with Crippen molar-refractivity contribution in [3.05, 3.63) is 96.6 Å². The average Bonchev–Trinajstić information content (AvgIpc) is 2.87. The topological polar surface area (TPSA) is 55.8 Å². The van der Waals surface area contributed by atoms with Gasteiger partial charge in [-0.15, -0.1) is 0 Å². The molecule has 0 aromatic heterocycles. The van der Waals surface area contributed by atoms with Crippen LogP contribution >= 0.6 is 0 Å². The van der Waals surface area contributed by atoms with Gasteiger partial charge in [-0.3, -0.25) is 4.79 Å². The summed E-state index contributed by atoms with van der Waals surface area (Å²) in [5, 5.41) is 11.6.